The van der Waals surface area contributed by atoms with Crippen molar-refractivity contribution in [3.8, 4) is 11.5 Å². The number of thioether (sulfide) groups is 1. The molecule has 2 amide bonds. The summed E-state index contributed by atoms with van der Waals surface area (Å²) in [6.07, 6.45) is 8.38. The standard InChI is InChI=1S/C25H34N2O6S2/c1-4-5-6-7-8-9-16(2)33-19-12-10-17(14-20(19)32-3)15-21-23(29)27(25(34)35-21)18(24(30)31)11-13-22(26)28/h10,12,14-16,18H,4-9,11,13H2,1-3H3,(H2,26,28)(H,30,31)/b21-15+. The number of carbonyl (C=O) groups is 3. The van der Waals surface area contributed by atoms with E-state index in [1.54, 1.807) is 31.4 Å². The first-order chi connectivity index (χ1) is 16.7. The molecule has 0 bridgehead atoms. The van der Waals surface area contributed by atoms with Crippen LogP contribution in [0.25, 0.3) is 6.08 Å². The van der Waals surface area contributed by atoms with Gasteiger partial charge in [-0.15, -0.1) is 0 Å². The molecule has 2 rings (SSSR count). The van der Waals surface area contributed by atoms with Crippen molar-refractivity contribution in [2.24, 2.45) is 5.73 Å². The molecule has 192 valence electrons. The average Bonchev–Trinajstić information content (AvgIpc) is 3.07. The van der Waals surface area contributed by atoms with E-state index in [4.69, 9.17) is 27.4 Å². The van der Waals surface area contributed by atoms with Gasteiger partial charge in [-0.3, -0.25) is 14.5 Å². The van der Waals surface area contributed by atoms with Crippen molar-refractivity contribution in [2.75, 3.05) is 7.11 Å². The van der Waals surface area contributed by atoms with E-state index in [1.807, 2.05) is 6.92 Å². The lowest BCUT2D eigenvalue weighted by Crippen LogP contribution is -2.44. The number of carbonyl (C=O) groups excluding carboxylic acids is 2. The van der Waals surface area contributed by atoms with Gasteiger partial charge in [-0.25, -0.2) is 4.79 Å². The van der Waals surface area contributed by atoms with Crippen LogP contribution in [0.1, 0.15) is 70.8 Å². The smallest absolute Gasteiger partial charge is 0.326 e. The Balaban J connectivity index is 2.11. The molecule has 0 saturated carbocycles. The third-order valence-corrected chi connectivity index (χ3v) is 6.94. The lowest BCUT2D eigenvalue weighted by molar-refractivity contribution is -0.145. The second-order valence-corrected chi connectivity index (χ2v) is 10.1. The SMILES string of the molecule is CCCCCCCC(C)Oc1ccc(/C=C2/SC(=S)N(C(CCC(N)=O)C(=O)O)C2=O)cc1OC. The van der Waals surface area contributed by atoms with Gasteiger partial charge in [0.1, 0.15) is 10.4 Å². The maximum atomic E-state index is 13.0. The minimum atomic E-state index is -1.25. The van der Waals surface area contributed by atoms with Crippen molar-refractivity contribution in [3.05, 3.63) is 28.7 Å². The highest BCUT2D eigenvalue weighted by atomic mass is 32.2. The van der Waals surface area contributed by atoms with Crippen LogP contribution in [-0.4, -0.2) is 51.4 Å². The first-order valence-electron chi connectivity index (χ1n) is 11.8. The number of unbranched alkanes of at least 4 members (excludes halogenated alkanes) is 4. The molecule has 1 aromatic rings. The van der Waals surface area contributed by atoms with Gasteiger partial charge in [-0.2, -0.15) is 0 Å². The molecule has 10 heteroatoms. The highest BCUT2D eigenvalue weighted by Gasteiger charge is 2.40. The number of primary amides is 1. The number of amides is 2. The molecule has 0 aliphatic carbocycles. The van der Waals surface area contributed by atoms with E-state index in [0.717, 1.165) is 29.5 Å². The van der Waals surface area contributed by atoms with E-state index in [-0.39, 0.29) is 28.2 Å². The largest absolute Gasteiger partial charge is 0.493 e. The Bertz CT molecular complexity index is 965. The fraction of sp³-hybridized carbons (Fsp3) is 0.520. The van der Waals surface area contributed by atoms with Crippen LogP contribution >= 0.6 is 24.0 Å². The second kappa shape index (κ2) is 14.1. The van der Waals surface area contributed by atoms with Crippen LogP contribution in [0, 0.1) is 0 Å². The molecule has 1 heterocycles. The number of benzene rings is 1. The lowest BCUT2D eigenvalue weighted by atomic mass is 10.1. The molecular formula is C25H34N2O6S2. The van der Waals surface area contributed by atoms with Gasteiger partial charge >= 0.3 is 5.97 Å². The number of nitrogens with zero attached hydrogens (tertiary/aromatic N) is 1. The van der Waals surface area contributed by atoms with Crippen LogP contribution in [0.15, 0.2) is 23.1 Å². The number of nitrogens with two attached hydrogens (primary N) is 1. The summed E-state index contributed by atoms with van der Waals surface area (Å²) in [6.45, 7) is 4.23. The van der Waals surface area contributed by atoms with E-state index < -0.39 is 23.8 Å². The van der Waals surface area contributed by atoms with Crippen molar-refractivity contribution in [1.29, 1.82) is 0 Å². The third kappa shape index (κ3) is 8.54. The second-order valence-electron chi connectivity index (χ2n) is 8.45. The van der Waals surface area contributed by atoms with E-state index in [2.05, 4.69) is 6.92 Å². The third-order valence-electron chi connectivity index (χ3n) is 5.61. The Labute approximate surface area is 216 Å². The molecule has 0 radical (unpaired) electrons. The number of carboxylic acid groups (broad SMARTS) is 1. The summed E-state index contributed by atoms with van der Waals surface area (Å²) in [6, 6.07) is 4.11. The minimum Gasteiger partial charge on any atom is -0.493 e. The molecule has 1 saturated heterocycles. The maximum Gasteiger partial charge on any atom is 0.326 e. The molecular weight excluding hydrogens is 488 g/mol. The van der Waals surface area contributed by atoms with Gasteiger partial charge in [0.05, 0.1) is 18.1 Å². The topological polar surface area (TPSA) is 119 Å². The Morgan fingerprint density at radius 1 is 1.20 bits per heavy atom. The zero-order valence-corrected chi connectivity index (χ0v) is 22.1. The number of methoxy groups -OCH3 is 1. The van der Waals surface area contributed by atoms with Gasteiger partial charge in [-0.05, 0) is 50.0 Å². The number of hydrogen-bond acceptors (Lipinski definition) is 7. The zero-order valence-electron chi connectivity index (χ0n) is 20.5. The fourth-order valence-electron chi connectivity index (χ4n) is 3.72. The van der Waals surface area contributed by atoms with E-state index >= 15 is 0 Å². The van der Waals surface area contributed by atoms with Crippen molar-refractivity contribution in [3.63, 3.8) is 0 Å². The normalized spacial score (nSPS) is 16.4. The summed E-state index contributed by atoms with van der Waals surface area (Å²) in [5, 5.41) is 9.56. The molecule has 1 aliphatic rings. The Kier molecular flexibility index (Phi) is 11.5. The van der Waals surface area contributed by atoms with Crippen LogP contribution in [0.3, 0.4) is 0 Å². The molecule has 0 spiro atoms. The van der Waals surface area contributed by atoms with E-state index in [0.29, 0.717) is 17.1 Å². The minimum absolute atomic E-state index is 0.0426. The number of aliphatic carboxylic acids is 1. The van der Waals surface area contributed by atoms with Gasteiger partial charge in [0, 0.05) is 6.42 Å². The maximum absolute atomic E-state index is 13.0. The van der Waals surface area contributed by atoms with Crippen molar-refractivity contribution in [1.82, 2.24) is 4.90 Å². The summed E-state index contributed by atoms with van der Waals surface area (Å²) in [7, 11) is 1.55. The molecule has 0 aromatic heterocycles. The van der Waals surface area contributed by atoms with Crippen LogP contribution in [-0.2, 0) is 14.4 Å². The van der Waals surface area contributed by atoms with Crippen LogP contribution in [0.2, 0.25) is 0 Å². The first kappa shape index (κ1) is 28.6. The molecule has 1 aromatic carbocycles. The van der Waals surface area contributed by atoms with Gasteiger partial charge < -0.3 is 20.3 Å². The number of rotatable bonds is 15. The molecule has 3 N–H and O–H groups in total. The highest BCUT2D eigenvalue weighted by Crippen LogP contribution is 2.36. The van der Waals surface area contributed by atoms with Crippen molar-refractivity contribution >= 4 is 52.2 Å². The van der Waals surface area contributed by atoms with Crippen LogP contribution < -0.4 is 15.2 Å². The fourth-order valence-corrected chi connectivity index (χ4v) is 5.08. The van der Waals surface area contributed by atoms with Gasteiger partial charge in [0.25, 0.3) is 5.91 Å². The highest BCUT2D eigenvalue weighted by molar-refractivity contribution is 8.26. The van der Waals surface area contributed by atoms with E-state index in [1.165, 1.54) is 25.7 Å². The van der Waals surface area contributed by atoms with Crippen LogP contribution in [0.4, 0.5) is 0 Å². The average molecular weight is 523 g/mol. The van der Waals surface area contributed by atoms with Crippen molar-refractivity contribution < 1.29 is 29.0 Å². The van der Waals surface area contributed by atoms with E-state index in [9.17, 15) is 19.5 Å². The number of ether oxygens (including phenoxy) is 2. The quantitative estimate of drug-likeness (QED) is 0.193. The Morgan fingerprint density at radius 2 is 1.91 bits per heavy atom. The number of hydrogen-bond donors (Lipinski definition) is 2. The zero-order chi connectivity index (χ0) is 26.0. The van der Waals surface area contributed by atoms with Gasteiger partial charge in [0.2, 0.25) is 5.91 Å². The van der Waals surface area contributed by atoms with Gasteiger partial charge in [0.15, 0.2) is 11.5 Å². The molecule has 8 nitrogen and oxygen atoms in total. The number of thiocarbonyl (C=S) groups is 1. The molecule has 1 fully saturated rings. The lowest BCUT2D eigenvalue weighted by Gasteiger charge is -2.22. The van der Waals surface area contributed by atoms with Crippen molar-refractivity contribution in [2.45, 2.75) is 77.4 Å². The summed E-state index contributed by atoms with van der Waals surface area (Å²) in [4.78, 5) is 37.1. The predicted octanol–water partition coefficient (Wildman–Crippen LogP) is 4.74. The van der Waals surface area contributed by atoms with Gasteiger partial charge in [-0.1, -0.05) is 62.7 Å². The summed E-state index contributed by atoms with van der Waals surface area (Å²) in [5.74, 6) is -1.25. The molecule has 1 aliphatic heterocycles. The molecule has 35 heavy (non-hydrogen) atoms. The summed E-state index contributed by atoms with van der Waals surface area (Å²) in [5.41, 5.74) is 5.83. The Hall–Kier alpha value is -2.59. The van der Waals surface area contributed by atoms with Crippen LogP contribution in [0.5, 0.6) is 11.5 Å². The number of carboxylic acids is 1. The summed E-state index contributed by atoms with van der Waals surface area (Å²) < 4.78 is 11.7. The Morgan fingerprint density at radius 3 is 2.54 bits per heavy atom. The molecule has 2 atom stereocenters. The first-order valence-corrected chi connectivity index (χ1v) is 13.0. The monoisotopic (exact) mass is 522 g/mol. The predicted molar refractivity (Wildman–Crippen MR) is 141 cm³/mol. The summed E-state index contributed by atoms with van der Waals surface area (Å²) >= 11 is 6.28. The molecule has 2 unspecified atom stereocenters.